The van der Waals surface area contributed by atoms with Gasteiger partial charge in [-0.2, -0.15) is 0 Å². The molecule has 2 aromatic rings. The summed E-state index contributed by atoms with van der Waals surface area (Å²) in [6.45, 7) is 7.39. The Morgan fingerprint density at radius 3 is 2.75 bits per heavy atom. The number of hydrogen-bond acceptors (Lipinski definition) is 7. The van der Waals surface area contributed by atoms with Crippen LogP contribution in [0, 0.1) is 13.8 Å². The summed E-state index contributed by atoms with van der Waals surface area (Å²) >= 11 is 6.73. The number of carbonyl (C=O) groups is 2. The van der Waals surface area contributed by atoms with Gasteiger partial charge in [-0.25, -0.2) is 0 Å². The second-order valence-electron chi connectivity index (χ2n) is 8.70. The van der Waals surface area contributed by atoms with Crippen LogP contribution < -0.4 is 14.8 Å². The Kier molecular flexibility index (Phi) is 8.66. The van der Waals surface area contributed by atoms with E-state index >= 15 is 0 Å². The first-order chi connectivity index (χ1) is 17.3. The molecule has 2 saturated heterocycles. The van der Waals surface area contributed by atoms with Crippen molar-refractivity contribution >= 4 is 51.9 Å². The first kappa shape index (κ1) is 26.2. The van der Waals surface area contributed by atoms with Crippen molar-refractivity contribution in [2.75, 3.05) is 31.7 Å². The summed E-state index contributed by atoms with van der Waals surface area (Å²) in [5.74, 6) is 0.580. The van der Waals surface area contributed by atoms with Gasteiger partial charge in [0, 0.05) is 12.3 Å². The second-order valence-corrected chi connectivity index (χ2v) is 10.4. The van der Waals surface area contributed by atoms with Crippen molar-refractivity contribution in [2.45, 2.75) is 39.7 Å². The number of thioether (sulfide) groups is 1. The number of benzene rings is 2. The van der Waals surface area contributed by atoms with E-state index in [1.165, 1.54) is 11.8 Å². The highest BCUT2D eigenvalue weighted by Crippen LogP contribution is 2.35. The van der Waals surface area contributed by atoms with Gasteiger partial charge in [0.05, 0.1) is 24.2 Å². The Labute approximate surface area is 221 Å². The van der Waals surface area contributed by atoms with E-state index in [4.69, 9.17) is 26.4 Å². The monoisotopic (exact) mass is 526 g/mol. The maximum atomic E-state index is 12.9. The highest BCUT2D eigenvalue weighted by Gasteiger charge is 2.34. The summed E-state index contributed by atoms with van der Waals surface area (Å²) in [6, 6.07) is 11.1. The Hall–Kier alpha value is -2.88. The summed E-state index contributed by atoms with van der Waals surface area (Å²) in [5, 5.41) is 2.85. The highest BCUT2D eigenvalue weighted by molar-refractivity contribution is 8.26. The standard InChI is InChI=1S/C27H30N2O5S2/c1-4-32-23-13-19(14-24-26(31)29(27(35)36-24)15-21-6-5-11-33-21)8-10-22(23)34-16-25(30)28-20-9-7-17(2)18(3)12-20/h7-10,12-14,21H,4-6,11,15-16H2,1-3H3,(H,28,30)/b24-14-/t21-/m1/s1. The molecule has 1 atom stereocenters. The molecule has 0 unspecified atom stereocenters. The van der Waals surface area contributed by atoms with Gasteiger partial charge >= 0.3 is 0 Å². The average Bonchev–Trinajstić information content (AvgIpc) is 3.45. The van der Waals surface area contributed by atoms with E-state index in [-0.39, 0.29) is 24.5 Å². The van der Waals surface area contributed by atoms with Crippen LogP contribution in [0.1, 0.15) is 36.5 Å². The molecular weight excluding hydrogens is 496 g/mol. The van der Waals surface area contributed by atoms with Crippen molar-refractivity contribution in [1.29, 1.82) is 0 Å². The molecule has 2 aromatic carbocycles. The van der Waals surface area contributed by atoms with Crippen LogP contribution in [0.15, 0.2) is 41.3 Å². The molecule has 0 saturated carbocycles. The Morgan fingerprint density at radius 1 is 1.19 bits per heavy atom. The average molecular weight is 527 g/mol. The molecule has 2 fully saturated rings. The van der Waals surface area contributed by atoms with Crippen molar-refractivity contribution < 1.29 is 23.8 Å². The van der Waals surface area contributed by atoms with Gasteiger partial charge < -0.3 is 19.5 Å². The lowest BCUT2D eigenvalue weighted by Crippen LogP contribution is -2.35. The maximum absolute atomic E-state index is 12.9. The van der Waals surface area contributed by atoms with Crippen LogP contribution in [0.4, 0.5) is 5.69 Å². The third kappa shape index (κ3) is 6.46. The third-order valence-electron chi connectivity index (χ3n) is 6.00. The summed E-state index contributed by atoms with van der Waals surface area (Å²) < 4.78 is 17.7. The van der Waals surface area contributed by atoms with Crippen LogP contribution in [0.5, 0.6) is 11.5 Å². The summed E-state index contributed by atoms with van der Waals surface area (Å²) in [5.41, 5.74) is 3.77. The minimum Gasteiger partial charge on any atom is -0.490 e. The van der Waals surface area contributed by atoms with Crippen molar-refractivity contribution in [3.05, 3.63) is 58.0 Å². The van der Waals surface area contributed by atoms with E-state index in [1.807, 2.05) is 45.0 Å². The Bertz CT molecular complexity index is 1190. The van der Waals surface area contributed by atoms with Crippen LogP contribution in [-0.2, 0) is 14.3 Å². The van der Waals surface area contributed by atoms with E-state index in [0.29, 0.717) is 33.9 Å². The largest absolute Gasteiger partial charge is 0.490 e. The van der Waals surface area contributed by atoms with Crippen LogP contribution in [0.25, 0.3) is 6.08 Å². The normalized spacial score (nSPS) is 18.7. The van der Waals surface area contributed by atoms with E-state index in [2.05, 4.69) is 5.32 Å². The van der Waals surface area contributed by atoms with Gasteiger partial charge in [0.25, 0.3) is 11.8 Å². The molecular formula is C27H30N2O5S2. The molecule has 4 rings (SSSR count). The Morgan fingerprint density at radius 2 is 2.03 bits per heavy atom. The number of rotatable bonds is 9. The summed E-state index contributed by atoms with van der Waals surface area (Å²) in [7, 11) is 0. The molecule has 0 spiro atoms. The van der Waals surface area contributed by atoms with Crippen molar-refractivity contribution in [3.63, 3.8) is 0 Å². The van der Waals surface area contributed by atoms with Gasteiger partial charge in [-0.05, 0) is 80.6 Å². The van der Waals surface area contributed by atoms with Gasteiger partial charge in [-0.1, -0.05) is 36.1 Å². The zero-order valence-corrected chi connectivity index (χ0v) is 22.3. The van der Waals surface area contributed by atoms with E-state index < -0.39 is 0 Å². The predicted octanol–water partition coefficient (Wildman–Crippen LogP) is 5.10. The van der Waals surface area contributed by atoms with Gasteiger partial charge in [-0.3, -0.25) is 14.5 Å². The first-order valence-corrected chi connectivity index (χ1v) is 13.2. The topological polar surface area (TPSA) is 77.1 Å². The quantitative estimate of drug-likeness (QED) is 0.360. The molecule has 2 aliphatic heterocycles. The van der Waals surface area contributed by atoms with Gasteiger partial charge in [0.1, 0.15) is 4.32 Å². The molecule has 190 valence electrons. The fourth-order valence-corrected chi connectivity index (χ4v) is 5.24. The molecule has 0 aromatic heterocycles. The number of amides is 2. The molecule has 2 heterocycles. The Balaban J connectivity index is 1.41. The fourth-order valence-electron chi connectivity index (χ4n) is 3.96. The first-order valence-electron chi connectivity index (χ1n) is 12.0. The summed E-state index contributed by atoms with van der Waals surface area (Å²) in [4.78, 5) is 27.5. The van der Waals surface area contributed by atoms with Crippen LogP contribution in [0.2, 0.25) is 0 Å². The number of carbonyl (C=O) groups excluding carboxylic acids is 2. The lowest BCUT2D eigenvalue weighted by Gasteiger charge is -2.18. The molecule has 7 nitrogen and oxygen atoms in total. The predicted molar refractivity (Wildman–Crippen MR) is 147 cm³/mol. The number of aryl methyl sites for hydroxylation is 2. The smallest absolute Gasteiger partial charge is 0.266 e. The van der Waals surface area contributed by atoms with Gasteiger partial charge in [0.15, 0.2) is 18.1 Å². The zero-order valence-electron chi connectivity index (χ0n) is 20.7. The van der Waals surface area contributed by atoms with E-state index in [0.717, 1.165) is 41.8 Å². The van der Waals surface area contributed by atoms with Crippen LogP contribution in [0.3, 0.4) is 0 Å². The van der Waals surface area contributed by atoms with E-state index in [1.54, 1.807) is 23.1 Å². The number of nitrogens with one attached hydrogen (secondary N) is 1. The molecule has 1 N–H and O–H groups in total. The lowest BCUT2D eigenvalue weighted by atomic mass is 10.1. The molecule has 9 heteroatoms. The second kappa shape index (κ2) is 11.9. The van der Waals surface area contributed by atoms with Gasteiger partial charge in [-0.15, -0.1) is 0 Å². The molecule has 0 radical (unpaired) electrons. The molecule has 0 bridgehead atoms. The molecule has 2 aliphatic rings. The minimum absolute atomic E-state index is 0.0417. The SMILES string of the molecule is CCOc1cc(/C=C2\SC(=S)N(C[C@H]3CCCO3)C2=O)ccc1OCC(=O)Nc1ccc(C)c(C)c1. The van der Waals surface area contributed by atoms with Crippen LogP contribution in [-0.4, -0.2) is 53.5 Å². The van der Waals surface area contributed by atoms with Crippen molar-refractivity contribution in [3.8, 4) is 11.5 Å². The number of nitrogens with zero attached hydrogens (tertiary/aromatic N) is 1. The number of thiocarbonyl (C=S) groups is 1. The number of anilines is 1. The molecule has 36 heavy (non-hydrogen) atoms. The number of hydrogen-bond donors (Lipinski definition) is 1. The molecule has 2 amide bonds. The lowest BCUT2D eigenvalue weighted by molar-refractivity contribution is -0.123. The molecule has 0 aliphatic carbocycles. The third-order valence-corrected chi connectivity index (χ3v) is 7.38. The minimum atomic E-state index is -0.264. The van der Waals surface area contributed by atoms with E-state index in [9.17, 15) is 9.59 Å². The van der Waals surface area contributed by atoms with Gasteiger partial charge in [0.2, 0.25) is 0 Å². The fraction of sp³-hybridized carbons (Fsp3) is 0.370. The highest BCUT2D eigenvalue weighted by atomic mass is 32.2. The van der Waals surface area contributed by atoms with Crippen molar-refractivity contribution in [1.82, 2.24) is 4.90 Å². The maximum Gasteiger partial charge on any atom is 0.266 e. The number of ether oxygens (including phenoxy) is 3. The van der Waals surface area contributed by atoms with Crippen molar-refractivity contribution in [2.24, 2.45) is 0 Å². The summed E-state index contributed by atoms with van der Waals surface area (Å²) in [6.07, 6.45) is 3.79. The zero-order chi connectivity index (χ0) is 25.7. The van der Waals surface area contributed by atoms with Crippen LogP contribution >= 0.6 is 24.0 Å².